The van der Waals surface area contributed by atoms with Gasteiger partial charge in [-0.05, 0) is 13.3 Å². The summed E-state index contributed by atoms with van der Waals surface area (Å²) in [5, 5.41) is 8.93. The van der Waals surface area contributed by atoms with E-state index in [-0.39, 0.29) is 5.60 Å². The van der Waals surface area contributed by atoms with E-state index >= 15 is 0 Å². The predicted octanol–water partition coefficient (Wildman–Crippen LogP) is 1.06. The fraction of sp³-hybridized carbons (Fsp3) is 0.714. The van der Waals surface area contributed by atoms with E-state index in [1.807, 2.05) is 6.92 Å². The van der Waals surface area contributed by atoms with E-state index in [9.17, 15) is 0 Å². The minimum Gasteiger partial charge on any atom is -0.368 e. The Kier molecular flexibility index (Phi) is 1.60. The van der Waals surface area contributed by atoms with Crippen molar-refractivity contribution in [3.05, 3.63) is 12.7 Å². The summed E-state index contributed by atoms with van der Waals surface area (Å²) in [5.41, 5.74) is -0.278. The number of hydrogen-bond donors (Lipinski definition) is 1. The molecular formula is C7H12O2. The van der Waals surface area contributed by atoms with Crippen LogP contribution < -0.4 is 0 Å². The third-order valence-corrected chi connectivity index (χ3v) is 1.72. The largest absolute Gasteiger partial charge is 0.368 e. The highest BCUT2D eigenvalue weighted by Crippen LogP contribution is 2.29. The summed E-state index contributed by atoms with van der Waals surface area (Å²) in [4.78, 5) is 0. The van der Waals surface area contributed by atoms with Crippen molar-refractivity contribution >= 4 is 0 Å². The monoisotopic (exact) mass is 128 g/mol. The van der Waals surface area contributed by atoms with E-state index in [2.05, 4.69) is 6.58 Å². The standard InChI is InChI=1S/C7H12O2/c1-3-7(2)5-4-6(8)9-7/h3,6,8H,1,4-5H2,2H3/t6-,7+/m1/s1. The van der Waals surface area contributed by atoms with Crippen LogP contribution in [0.1, 0.15) is 19.8 Å². The molecule has 1 aliphatic heterocycles. The highest BCUT2D eigenvalue weighted by molar-refractivity contribution is 4.96. The lowest BCUT2D eigenvalue weighted by Gasteiger charge is -2.17. The molecule has 0 saturated carbocycles. The fourth-order valence-electron chi connectivity index (χ4n) is 0.989. The molecule has 0 aromatic rings. The van der Waals surface area contributed by atoms with Crippen molar-refractivity contribution in [2.45, 2.75) is 31.7 Å². The predicted molar refractivity (Wildman–Crippen MR) is 34.9 cm³/mol. The molecule has 0 aliphatic carbocycles. The second kappa shape index (κ2) is 2.12. The molecule has 52 valence electrons. The number of hydrogen-bond acceptors (Lipinski definition) is 2. The molecule has 0 unspecified atom stereocenters. The van der Waals surface area contributed by atoms with Crippen molar-refractivity contribution in [2.24, 2.45) is 0 Å². The molecule has 1 saturated heterocycles. The van der Waals surface area contributed by atoms with E-state index in [4.69, 9.17) is 9.84 Å². The van der Waals surface area contributed by atoms with Crippen molar-refractivity contribution in [1.82, 2.24) is 0 Å². The molecule has 1 fully saturated rings. The van der Waals surface area contributed by atoms with E-state index in [0.717, 1.165) is 12.8 Å². The SMILES string of the molecule is C=C[C@@]1(C)CC[C@H](O)O1. The smallest absolute Gasteiger partial charge is 0.155 e. The first-order valence-electron chi connectivity index (χ1n) is 3.16. The molecule has 0 amide bonds. The summed E-state index contributed by atoms with van der Waals surface area (Å²) < 4.78 is 5.14. The second-order valence-electron chi connectivity index (χ2n) is 2.63. The topological polar surface area (TPSA) is 29.5 Å². The summed E-state index contributed by atoms with van der Waals surface area (Å²) >= 11 is 0. The van der Waals surface area contributed by atoms with Gasteiger partial charge in [0.25, 0.3) is 0 Å². The first-order valence-corrected chi connectivity index (χ1v) is 3.16. The Morgan fingerprint density at radius 1 is 1.89 bits per heavy atom. The van der Waals surface area contributed by atoms with Crippen molar-refractivity contribution < 1.29 is 9.84 Å². The number of rotatable bonds is 1. The zero-order valence-corrected chi connectivity index (χ0v) is 5.63. The average molecular weight is 128 g/mol. The normalized spacial score (nSPS) is 43.1. The molecule has 0 bridgehead atoms. The lowest BCUT2D eigenvalue weighted by molar-refractivity contribution is -0.112. The van der Waals surface area contributed by atoms with Crippen LogP contribution in [0, 0.1) is 0 Å². The fourth-order valence-corrected chi connectivity index (χ4v) is 0.989. The van der Waals surface area contributed by atoms with Crippen LogP contribution in [0.5, 0.6) is 0 Å². The van der Waals surface area contributed by atoms with E-state index in [1.54, 1.807) is 6.08 Å². The van der Waals surface area contributed by atoms with Gasteiger partial charge in [-0.1, -0.05) is 6.08 Å². The molecule has 1 aliphatic rings. The van der Waals surface area contributed by atoms with Crippen LogP contribution in [-0.4, -0.2) is 17.0 Å². The van der Waals surface area contributed by atoms with Crippen LogP contribution in [0.15, 0.2) is 12.7 Å². The van der Waals surface area contributed by atoms with Gasteiger partial charge < -0.3 is 9.84 Å². The zero-order valence-electron chi connectivity index (χ0n) is 5.63. The molecule has 0 aromatic heterocycles. The van der Waals surface area contributed by atoms with Gasteiger partial charge in [0.2, 0.25) is 0 Å². The van der Waals surface area contributed by atoms with Gasteiger partial charge in [0.15, 0.2) is 6.29 Å². The van der Waals surface area contributed by atoms with Crippen LogP contribution in [0.25, 0.3) is 0 Å². The van der Waals surface area contributed by atoms with Gasteiger partial charge >= 0.3 is 0 Å². The van der Waals surface area contributed by atoms with Gasteiger partial charge in [-0.15, -0.1) is 6.58 Å². The third-order valence-electron chi connectivity index (χ3n) is 1.72. The van der Waals surface area contributed by atoms with Crippen LogP contribution in [0.2, 0.25) is 0 Å². The summed E-state index contributed by atoms with van der Waals surface area (Å²) in [5.74, 6) is 0. The third kappa shape index (κ3) is 1.32. The quantitative estimate of drug-likeness (QED) is 0.535. The minimum absolute atomic E-state index is 0.278. The Morgan fingerprint density at radius 2 is 2.56 bits per heavy atom. The van der Waals surface area contributed by atoms with Gasteiger partial charge in [-0.25, -0.2) is 0 Å². The zero-order chi connectivity index (χ0) is 6.91. The number of aliphatic hydroxyl groups is 1. The molecule has 1 N–H and O–H groups in total. The van der Waals surface area contributed by atoms with Gasteiger partial charge in [-0.3, -0.25) is 0 Å². The van der Waals surface area contributed by atoms with Crippen molar-refractivity contribution in [1.29, 1.82) is 0 Å². The van der Waals surface area contributed by atoms with Crippen molar-refractivity contribution in [2.75, 3.05) is 0 Å². The maximum absolute atomic E-state index is 8.93. The molecule has 0 radical (unpaired) electrons. The lowest BCUT2D eigenvalue weighted by Crippen LogP contribution is -2.21. The molecule has 0 aromatic carbocycles. The average Bonchev–Trinajstić information content (AvgIpc) is 2.13. The maximum Gasteiger partial charge on any atom is 0.155 e. The summed E-state index contributed by atoms with van der Waals surface area (Å²) in [6.07, 6.45) is 2.76. The van der Waals surface area contributed by atoms with E-state index in [1.165, 1.54) is 0 Å². The Balaban J connectivity index is 2.54. The summed E-state index contributed by atoms with van der Waals surface area (Å²) in [6.45, 7) is 5.54. The Morgan fingerprint density at radius 3 is 2.78 bits per heavy atom. The first kappa shape index (κ1) is 6.78. The van der Waals surface area contributed by atoms with E-state index < -0.39 is 6.29 Å². The number of ether oxygens (including phenoxy) is 1. The molecule has 9 heavy (non-hydrogen) atoms. The van der Waals surface area contributed by atoms with Crippen molar-refractivity contribution in [3.63, 3.8) is 0 Å². The van der Waals surface area contributed by atoms with Gasteiger partial charge in [0, 0.05) is 6.42 Å². The van der Waals surface area contributed by atoms with Gasteiger partial charge in [-0.2, -0.15) is 0 Å². The van der Waals surface area contributed by atoms with Crippen LogP contribution in [0.4, 0.5) is 0 Å². The van der Waals surface area contributed by atoms with E-state index in [0.29, 0.717) is 0 Å². The highest BCUT2D eigenvalue weighted by atomic mass is 16.6. The molecule has 2 atom stereocenters. The molecule has 1 rings (SSSR count). The number of aliphatic hydroxyl groups excluding tert-OH is 1. The Hall–Kier alpha value is -0.340. The minimum atomic E-state index is -0.576. The first-order chi connectivity index (χ1) is 4.16. The molecule has 2 nitrogen and oxygen atoms in total. The summed E-state index contributed by atoms with van der Waals surface area (Å²) in [7, 11) is 0. The lowest BCUT2D eigenvalue weighted by atomic mass is 10.0. The van der Waals surface area contributed by atoms with Crippen LogP contribution in [0.3, 0.4) is 0 Å². The molecular weight excluding hydrogens is 116 g/mol. The van der Waals surface area contributed by atoms with Crippen LogP contribution >= 0.6 is 0 Å². The van der Waals surface area contributed by atoms with Crippen LogP contribution in [-0.2, 0) is 4.74 Å². The van der Waals surface area contributed by atoms with Gasteiger partial charge in [0.05, 0.1) is 5.60 Å². The Labute approximate surface area is 55.1 Å². The molecule has 0 spiro atoms. The van der Waals surface area contributed by atoms with Gasteiger partial charge in [0.1, 0.15) is 0 Å². The van der Waals surface area contributed by atoms with Crippen molar-refractivity contribution in [3.8, 4) is 0 Å². The molecule has 2 heteroatoms. The summed E-state index contributed by atoms with van der Waals surface area (Å²) in [6, 6.07) is 0. The Bertz CT molecular complexity index is 122. The second-order valence-corrected chi connectivity index (χ2v) is 2.63. The molecule has 1 heterocycles. The highest BCUT2D eigenvalue weighted by Gasteiger charge is 2.31. The maximum atomic E-state index is 8.93.